The third kappa shape index (κ3) is 6.36. The Balaban J connectivity index is 1.74. The van der Waals surface area contributed by atoms with Crippen LogP contribution in [0.25, 0.3) is 0 Å². The molecule has 9 nitrogen and oxygen atoms in total. The lowest BCUT2D eigenvalue weighted by atomic mass is 10.1. The minimum atomic E-state index is -0.822. The van der Waals surface area contributed by atoms with E-state index in [4.69, 9.17) is 30.5 Å². The number of carbonyl (C=O) groups excluding carboxylic acids is 3. The van der Waals surface area contributed by atoms with E-state index in [1.807, 2.05) is 0 Å². The quantitative estimate of drug-likeness (QED) is 0.535. The van der Waals surface area contributed by atoms with Crippen molar-refractivity contribution in [2.24, 2.45) is 0 Å². The average molecular weight is 477 g/mol. The third-order valence-corrected chi connectivity index (χ3v) is 5.33. The number of nitrogens with one attached hydrogen (secondary N) is 2. The highest BCUT2D eigenvalue weighted by Gasteiger charge is 2.22. The largest absolute Gasteiger partial charge is 0.493 e. The fourth-order valence-electron chi connectivity index (χ4n) is 3.28. The monoisotopic (exact) mass is 476 g/mol. The van der Waals surface area contributed by atoms with Crippen molar-refractivity contribution in [1.29, 1.82) is 0 Å². The molecule has 1 heterocycles. The molecule has 2 aromatic rings. The second-order valence-corrected chi connectivity index (χ2v) is 7.61. The Labute approximate surface area is 196 Å². The van der Waals surface area contributed by atoms with Crippen molar-refractivity contribution in [3.8, 4) is 11.5 Å². The van der Waals surface area contributed by atoms with Gasteiger partial charge in [-0.25, -0.2) is 4.79 Å². The van der Waals surface area contributed by atoms with Crippen LogP contribution in [0.4, 0.5) is 5.69 Å². The van der Waals surface area contributed by atoms with Crippen molar-refractivity contribution >= 4 is 35.1 Å². The van der Waals surface area contributed by atoms with Gasteiger partial charge in [-0.1, -0.05) is 23.7 Å². The molecule has 2 amide bonds. The summed E-state index contributed by atoms with van der Waals surface area (Å²) in [6, 6.07) is 9.29. The number of amides is 2. The maximum Gasteiger partial charge on any atom is 0.340 e. The van der Waals surface area contributed by atoms with E-state index >= 15 is 0 Å². The highest BCUT2D eigenvalue weighted by atomic mass is 35.5. The van der Waals surface area contributed by atoms with Gasteiger partial charge in [0, 0.05) is 25.3 Å². The second-order valence-electron chi connectivity index (χ2n) is 7.20. The van der Waals surface area contributed by atoms with Gasteiger partial charge in [0.15, 0.2) is 18.1 Å². The van der Waals surface area contributed by atoms with Gasteiger partial charge >= 0.3 is 5.97 Å². The Morgan fingerprint density at radius 1 is 1.09 bits per heavy atom. The summed E-state index contributed by atoms with van der Waals surface area (Å²) in [6.07, 6.45) is 1.81. The number of methoxy groups -OCH3 is 2. The zero-order valence-electron chi connectivity index (χ0n) is 18.3. The number of anilines is 1. The summed E-state index contributed by atoms with van der Waals surface area (Å²) in [5.41, 5.74) is 0.323. The minimum Gasteiger partial charge on any atom is -0.493 e. The topological polar surface area (TPSA) is 112 Å². The van der Waals surface area contributed by atoms with E-state index in [0.29, 0.717) is 13.2 Å². The lowest BCUT2D eigenvalue weighted by Crippen LogP contribution is -2.34. The summed E-state index contributed by atoms with van der Waals surface area (Å²) in [4.78, 5) is 37.6. The van der Waals surface area contributed by atoms with Crippen LogP contribution in [0.15, 0.2) is 36.4 Å². The molecule has 2 N–H and O–H groups in total. The molecule has 10 heteroatoms. The van der Waals surface area contributed by atoms with E-state index in [1.165, 1.54) is 26.4 Å². The van der Waals surface area contributed by atoms with Crippen LogP contribution in [0.1, 0.15) is 33.6 Å². The first kappa shape index (κ1) is 24.3. The number of ether oxygens (including phenoxy) is 4. The van der Waals surface area contributed by atoms with Crippen LogP contribution >= 0.6 is 11.6 Å². The zero-order valence-corrected chi connectivity index (χ0v) is 19.1. The van der Waals surface area contributed by atoms with Gasteiger partial charge in [-0.3, -0.25) is 9.59 Å². The molecule has 0 radical (unpaired) electrons. The minimum absolute atomic E-state index is 0.0139. The van der Waals surface area contributed by atoms with Crippen LogP contribution in [-0.4, -0.2) is 57.9 Å². The molecule has 1 aliphatic rings. The third-order valence-electron chi connectivity index (χ3n) is 5.00. The Morgan fingerprint density at radius 3 is 2.48 bits per heavy atom. The molecule has 1 unspecified atom stereocenters. The Morgan fingerprint density at radius 2 is 1.82 bits per heavy atom. The van der Waals surface area contributed by atoms with Crippen LogP contribution in [0.2, 0.25) is 5.02 Å². The number of benzene rings is 2. The average Bonchev–Trinajstić information content (AvgIpc) is 3.34. The number of hydrogen-bond acceptors (Lipinski definition) is 7. The number of rotatable bonds is 9. The molecule has 33 heavy (non-hydrogen) atoms. The normalized spacial score (nSPS) is 14.9. The van der Waals surface area contributed by atoms with Crippen molar-refractivity contribution in [3.05, 3.63) is 52.5 Å². The number of carbonyl (C=O) groups is 3. The van der Waals surface area contributed by atoms with Crippen molar-refractivity contribution < 1.29 is 33.3 Å². The molecule has 0 bridgehead atoms. The molecule has 1 atom stereocenters. The van der Waals surface area contributed by atoms with E-state index in [-0.39, 0.29) is 39.4 Å². The molecule has 1 fully saturated rings. The van der Waals surface area contributed by atoms with Gasteiger partial charge in [0.25, 0.3) is 11.8 Å². The summed E-state index contributed by atoms with van der Waals surface area (Å²) < 4.78 is 21.1. The number of halogens is 1. The maximum atomic E-state index is 12.8. The standard InChI is InChI=1S/C23H25ClN2O7/c1-30-19-10-16(23(29)33-13-21(27)25-12-14-6-5-9-32-14)18(11-20(19)31-2)26-22(28)15-7-3-4-8-17(15)24/h3-4,7-8,10-11,14H,5-6,9,12-13H2,1-2H3,(H,25,27)(H,26,28). The molecule has 3 rings (SSSR count). The molecular formula is C23H25ClN2O7. The Bertz CT molecular complexity index is 1020. The fraction of sp³-hybridized carbons (Fsp3) is 0.348. The first-order chi connectivity index (χ1) is 15.9. The predicted molar refractivity (Wildman–Crippen MR) is 121 cm³/mol. The van der Waals surface area contributed by atoms with Crippen LogP contribution in [0, 0.1) is 0 Å². The Hall–Kier alpha value is -3.30. The van der Waals surface area contributed by atoms with Crippen molar-refractivity contribution in [2.45, 2.75) is 18.9 Å². The summed E-state index contributed by atoms with van der Waals surface area (Å²) in [5.74, 6) is -1.27. The first-order valence-corrected chi connectivity index (χ1v) is 10.7. The van der Waals surface area contributed by atoms with Gasteiger partial charge in [0.1, 0.15) is 0 Å². The molecular weight excluding hydrogens is 452 g/mol. The smallest absolute Gasteiger partial charge is 0.340 e. The summed E-state index contributed by atoms with van der Waals surface area (Å²) in [6.45, 7) is 0.543. The fourth-order valence-corrected chi connectivity index (χ4v) is 3.50. The molecule has 0 saturated carbocycles. The molecule has 0 aliphatic carbocycles. The molecule has 176 valence electrons. The molecule has 0 spiro atoms. The lowest BCUT2D eigenvalue weighted by molar-refractivity contribution is -0.124. The highest BCUT2D eigenvalue weighted by molar-refractivity contribution is 6.34. The van der Waals surface area contributed by atoms with Gasteiger partial charge in [0.05, 0.1) is 42.2 Å². The summed E-state index contributed by atoms with van der Waals surface area (Å²) in [7, 11) is 2.83. The SMILES string of the molecule is COc1cc(NC(=O)c2ccccc2Cl)c(C(=O)OCC(=O)NCC2CCCO2)cc1OC. The van der Waals surface area contributed by atoms with E-state index in [1.54, 1.807) is 24.3 Å². The summed E-state index contributed by atoms with van der Waals surface area (Å²) in [5, 5.41) is 5.58. The summed E-state index contributed by atoms with van der Waals surface area (Å²) >= 11 is 6.10. The number of esters is 1. The van der Waals surface area contributed by atoms with E-state index in [0.717, 1.165) is 12.8 Å². The van der Waals surface area contributed by atoms with Crippen molar-refractivity contribution in [1.82, 2.24) is 5.32 Å². The van der Waals surface area contributed by atoms with Gasteiger partial charge in [-0.05, 0) is 25.0 Å². The lowest BCUT2D eigenvalue weighted by Gasteiger charge is -2.16. The van der Waals surface area contributed by atoms with Crippen molar-refractivity contribution in [2.75, 3.05) is 39.3 Å². The van der Waals surface area contributed by atoms with Crippen LogP contribution in [0.3, 0.4) is 0 Å². The zero-order chi connectivity index (χ0) is 23.8. The maximum absolute atomic E-state index is 12.8. The van der Waals surface area contributed by atoms with Crippen LogP contribution in [0.5, 0.6) is 11.5 Å². The van der Waals surface area contributed by atoms with E-state index in [9.17, 15) is 14.4 Å². The second kappa shape index (κ2) is 11.5. The van der Waals surface area contributed by atoms with E-state index in [2.05, 4.69) is 10.6 Å². The Kier molecular flexibility index (Phi) is 8.51. The van der Waals surface area contributed by atoms with E-state index < -0.39 is 24.4 Å². The van der Waals surface area contributed by atoms with Gasteiger partial charge in [-0.15, -0.1) is 0 Å². The van der Waals surface area contributed by atoms with Crippen molar-refractivity contribution in [3.63, 3.8) is 0 Å². The first-order valence-electron chi connectivity index (χ1n) is 10.3. The number of hydrogen-bond donors (Lipinski definition) is 2. The van der Waals surface area contributed by atoms with Crippen LogP contribution in [-0.2, 0) is 14.3 Å². The van der Waals surface area contributed by atoms with Gasteiger partial charge < -0.3 is 29.6 Å². The molecule has 1 saturated heterocycles. The predicted octanol–water partition coefficient (Wildman–Crippen LogP) is 3.06. The highest BCUT2D eigenvalue weighted by Crippen LogP contribution is 2.34. The van der Waals surface area contributed by atoms with Gasteiger partial charge in [-0.2, -0.15) is 0 Å². The molecule has 1 aliphatic heterocycles. The molecule has 2 aromatic carbocycles. The molecule has 0 aromatic heterocycles. The van der Waals surface area contributed by atoms with Crippen LogP contribution < -0.4 is 20.1 Å². The van der Waals surface area contributed by atoms with Gasteiger partial charge in [0.2, 0.25) is 0 Å².